The number of aliphatic hydroxyl groups excluding tert-OH is 4. The van der Waals surface area contributed by atoms with Crippen LogP contribution >= 0.6 is 0 Å². The lowest BCUT2D eigenvalue weighted by molar-refractivity contribution is -0.123. The Kier molecular flexibility index (Phi) is 18.4. The third kappa shape index (κ3) is 12.9. The normalized spacial score (nSPS) is 22.9. The van der Waals surface area contributed by atoms with Crippen LogP contribution in [0.4, 0.5) is 28.3 Å². The first-order valence-electron chi connectivity index (χ1n) is 31.1. The fourth-order valence-electron chi connectivity index (χ4n) is 13.0. The molecule has 2 saturated heterocycles. The molecular formula is C65H78N16O11. The highest BCUT2D eigenvalue weighted by molar-refractivity contribution is 5.86. The summed E-state index contributed by atoms with van der Waals surface area (Å²) in [7, 11) is 6.45. The predicted octanol–water partition coefficient (Wildman–Crippen LogP) is 4.68. The summed E-state index contributed by atoms with van der Waals surface area (Å²) in [5.41, 5.74) is 5.20. The topological polar surface area (TPSA) is 335 Å². The zero-order valence-corrected chi connectivity index (χ0v) is 52.0. The standard InChI is InChI=1S/C65H78N16O11/c1-7-49(82)70-45-29-47(57(86)55(45)84)80-33-66-53-59(72-51(35-9-17-41(89-3)18-10-35)36-11-19-42(90-4)20-12-36)74-63(76-61(53)80)78-27-25-39(31-78)68-65(88)69-40-26-28-79(32-40)64-75-60(73-52(37-13-21-43(91-5)22-14-37)38-15-23-44(92-6)24-16-38)54-62(77-64)81(34-67-54)48-30-46(56(85)58(48)87)71-50(83)8-2/h9-24,33-34,39-40,45-48,51-52,55-58,84-87H,7-8,25-32H2,1-6H3,(H,70,82)(H,71,83)(H2,68,69,88)(H,72,74,76)(H,73,75,77)/t39-,40-,45?,46?,47?,48?,55?,56?,57?,58?/m1/s1. The van der Waals surface area contributed by atoms with Gasteiger partial charge in [-0.15, -0.1) is 0 Å². The van der Waals surface area contributed by atoms with Gasteiger partial charge in [0.2, 0.25) is 23.7 Å². The van der Waals surface area contributed by atoms with Gasteiger partial charge in [0.25, 0.3) is 0 Å². The van der Waals surface area contributed by atoms with Crippen LogP contribution in [0.1, 0.15) is 98.8 Å². The zero-order valence-electron chi connectivity index (χ0n) is 52.0. The van der Waals surface area contributed by atoms with Gasteiger partial charge in [0, 0.05) is 51.1 Å². The number of nitrogens with one attached hydrogen (secondary N) is 6. The molecule has 4 fully saturated rings. The number of ether oxygens (including phenoxy) is 4. The van der Waals surface area contributed by atoms with E-state index in [0.29, 0.717) is 108 Å². The number of benzene rings is 4. The van der Waals surface area contributed by atoms with E-state index in [2.05, 4.69) is 31.9 Å². The lowest BCUT2D eigenvalue weighted by Crippen LogP contribution is -2.48. The van der Waals surface area contributed by atoms with Crippen LogP contribution in [0.2, 0.25) is 0 Å². The van der Waals surface area contributed by atoms with Crippen LogP contribution in [0.3, 0.4) is 0 Å². The molecule has 8 aromatic rings. The minimum atomic E-state index is -1.25. The van der Waals surface area contributed by atoms with Crippen LogP contribution in [-0.4, -0.2) is 181 Å². The molecule has 10 N–H and O–H groups in total. The summed E-state index contributed by atoms with van der Waals surface area (Å²) in [6.45, 7) is 5.11. The number of imidazole rings is 2. The average molecular weight is 1260 g/mol. The van der Waals surface area contributed by atoms with Crippen molar-refractivity contribution in [3.8, 4) is 23.0 Å². The summed E-state index contributed by atoms with van der Waals surface area (Å²) >= 11 is 0. The van der Waals surface area contributed by atoms with Crippen molar-refractivity contribution < 1.29 is 53.8 Å². The number of methoxy groups -OCH3 is 4. The van der Waals surface area contributed by atoms with Gasteiger partial charge in [-0.05, 0) is 96.5 Å². The largest absolute Gasteiger partial charge is 0.497 e. The summed E-state index contributed by atoms with van der Waals surface area (Å²) in [6, 6.07) is 26.1. The fourth-order valence-corrected chi connectivity index (χ4v) is 13.0. The van der Waals surface area contributed by atoms with Crippen LogP contribution in [0.5, 0.6) is 23.0 Å². The maximum atomic E-state index is 14.2. The summed E-state index contributed by atoms with van der Waals surface area (Å²) in [4.78, 5) is 73.4. The Morgan fingerprint density at radius 3 is 1.14 bits per heavy atom. The first kappa shape index (κ1) is 62.6. The minimum absolute atomic E-state index is 0.216. The second-order valence-corrected chi connectivity index (χ2v) is 23.7. The van der Waals surface area contributed by atoms with Crippen molar-refractivity contribution in [3.05, 3.63) is 132 Å². The van der Waals surface area contributed by atoms with E-state index in [1.807, 2.05) is 107 Å². The van der Waals surface area contributed by atoms with Gasteiger partial charge < -0.3 is 90.2 Å². The van der Waals surface area contributed by atoms with E-state index in [9.17, 15) is 34.8 Å². The fraction of sp³-hybridized carbons (Fsp3) is 0.431. The molecule has 0 spiro atoms. The number of urea groups is 1. The number of amides is 4. The van der Waals surface area contributed by atoms with E-state index in [1.54, 1.807) is 64.1 Å². The van der Waals surface area contributed by atoms with Gasteiger partial charge in [0.1, 0.15) is 47.4 Å². The summed E-state index contributed by atoms with van der Waals surface area (Å²) in [5, 5.41) is 65.0. The number of anilines is 4. The van der Waals surface area contributed by atoms with Crippen LogP contribution in [0, 0.1) is 0 Å². The monoisotopic (exact) mass is 1260 g/mol. The van der Waals surface area contributed by atoms with E-state index >= 15 is 0 Å². The highest BCUT2D eigenvalue weighted by atomic mass is 16.5. The summed E-state index contributed by atoms with van der Waals surface area (Å²) < 4.78 is 25.5. The van der Waals surface area contributed by atoms with Gasteiger partial charge in [-0.1, -0.05) is 62.4 Å². The van der Waals surface area contributed by atoms with Crippen LogP contribution in [-0.2, 0) is 9.59 Å². The van der Waals surface area contributed by atoms with Crippen molar-refractivity contribution >= 4 is 63.7 Å². The van der Waals surface area contributed by atoms with Gasteiger partial charge in [0.15, 0.2) is 34.0 Å². The molecular weight excluding hydrogens is 1180 g/mol. The molecule has 2 aliphatic heterocycles. The van der Waals surface area contributed by atoms with Crippen molar-refractivity contribution in [1.82, 2.24) is 60.3 Å². The molecule has 10 atom stereocenters. The molecule has 2 saturated carbocycles. The number of nitrogens with zero attached hydrogens (tertiary/aromatic N) is 10. The number of rotatable bonds is 22. The van der Waals surface area contributed by atoms with Crippen LogP contribution in [0.25, 0.3) is 22.3 Å². The minimum Gasteiger partial charge on any atom is -0.497 e. The van der Waals surface area contributed by atoms with E-state index < -0.39 is 60.7 Å². The van der Waals surface area contributed by atoms with E-state index in [0.717, 1.165) is 22.3 Å². The van der Waals surface area contributed by atoms with Gasteiger partial charge in [-0.25, -0.2) is 14.8 Å². The predicted molar refractivity (Wildman–Crippen MR) is 342 cm³/mol. The molecule has 12 rings (SSSR count). The highest BCUT2D eigenvalue weighted by Gasteiger charge is 2.46. The molecule has 27 nitrogen and oxygen atoms in total. The number of hydrogen-bond acceptors (Lipinski definition) is 21. The second kappa shape index (κ2) is 27.1. The number of carbonyl (C=O) groups is 3. The quantitative estimate of drug-likeness (QED) is 0.0440. The lowest BCUT2D eigenvalue weighted by Gasteiger charge is -2.24. The second-order valence-electron chi connectivity index (χ2n) is 23.7. The molecule has 8 unspecified atom stereocenters. The number of fused-ring (bicyclic) bond motifs is 2. The molecule has 27 heteroatoms. The smallest absolute Gasteiger partial charge is 0.315 e. The van der Waals surface area contributed by atoms with Crippen molar-refractivity contribution in [3.63, 3.8) is 0 Å². The Bertz CT molecular complexity index is 3550. The molecule has 0 bridgehead atoms. The van der Waals surface area contributed by atoms with Crippen molar-refractivity contribution in [1.29, 1.82) is 0 Å². The van der Waals surface area contributed by atoms with Crippen LogP contribution in [0.15, 0.2) is 110 Å². The molecule has 6 heterocycles. The summed E-state index contributed by atoms with van der Waals surface area (Å²) in [5.74, 6) is 3.75. The van der Waals surface area contributed by atoms with Crippen molar-refractivity contribution in [2.24, 2.45) is 0 Å². The lowest BCUT2D eigenvalue weighted by atomic mass is 9.98. The Labute approximate surface area is 530 Å². The molecule has 0 radical (unpaired) electrons. The Morgan fingerprint density at radius 2 is 0.826 bits per heavy atom. The molecule has 4 amide bonds. The molecule has 4 aromatic heterocycles. The molecule has 92 heavy (non-hydrogen) atoms. The Morgan fingerprint density at radius 1 is 0.489 bits per heavy atom. The first-order chi connectivity index (χ1) is 44.6. The number of aromatic nitrogens is 8. The molecule has 4 aromatic carbocycles. The zero-order chi connectivity index (χ0) is 64.3. The van der Waals surface area contributed by atoms with Crippen molar-refractivity contribution in [2.75, 3.05) is 75.1 Å². The number of hydrogen-bond donors (Lipinski definition) is 10. The Hall–Kier alpha value is -9.57. The average Bonchev–Trinajstić information content (AvgIpc) is 1.59. The van der Waals surface area contributed by atoms with Crippen LogP contribution < -0.4 is 60.6 Å². The third-order valence-electron chi connectivity index (χ3n) is 18.1. The molecule has 2 aliphatic carbocycles. The summed E-state index contributed by atoms with van der Waals surface area (Å²) in [6.07, 6.45) is 0.154. The third-order valence-corrected chi connectivity index (χ3v) is 18.1. The van der Waals surface area contributed by atoms with E-state index in [-0.39, 0.29) is 55.6 Å². The number of aliphatic hydroxyl groups is 4. The van der Waals surface area contributed by atoms with Gasteiger partial charge >= 0.3 is 6.03 Å². The molecule has 484 valence electrons. The first-order valence-corrected chi connectivity index (χ1v) is 31.1. The van der Waals surface area contributed by atoms with E-state index in [4.69, 9.17) is 48.9 Å². The van der Waals surface area contributed by atoms with Gasteiger partial charge in [0.05, 0.1) is 77.3 Å². The van der Waals surface area contributed by atoms with E-state index in [1.165, 1.54) is 0 Å². The SMILES string of the molecule is CCC(=O)NC1CC(n2cnc3c(NC(c4ccc(OC)cc4)c4ccc(OC)cc4)nc(N4CC[C@@H](NC(=O)N[C@@H]5CCN(c6nc(NC(c7ccc(OC)cc7)c7ccc(OC)cc7)c7ncn(C8CC(NC(=O)CC)C(O)C8O)c7n6)C5)C4)nc32)C(O)C1O. The molecule has 4 aliphatic rings. The number of carbonyl (C=O) groups excluding carboxylic acids is 3. The maximum Gasteiger partial charge on any atom is 0.315 e. The maximum absolute atomic E-state index is 14.2. The highest BCUT2D eigenvalue weighted by Crippen LogP contribution is 2.40. The Balaban J connectivity index is 0.799. The van der Waals surface area contributed by atoms with Gasteiger partial charge in [-0.2, -0.15) is 19.9 Å². The van der Waals surface area contributed by atoms with Crippen molar-refractivity contribution in [2.45, 2.75) is 125 Å². The van der Waals surface area contributed by atoms with Gasteiger partial charge in [-0.3, -0.25) is 9.59 Å².